The van der Waals surface area contributed by atoms with Crippen LogP contribution in [0, 0.1) is 5.82 Å². The first-order valence-corrected chi connectivity index (χ1v) is 5.21. The largest absolute Gasteiger partial charge is 0.481 e. The summed E-state index contributed by atoms with van der Waals surface area (Å²) >= 11 is 5.52. The van der Waals surface area contributed by atoms with Gasteiger partial charge in [0.25, 0.3) is 0 Å². The molecule has 0 spiro atoms. The first-order valence-electron chi connectivity index (χ1n) is 4.84. The van der Waals surface area contributed by atoms with Crippen LogP contribution in [0.25, 0.3) is 0 Å². The first kappa shape index (κ1) is 13.4. The Balaban J connectivity index is 2.98. The molecule has 1 amide bonds. The standard InChI is InChI=1S/C11H11ClFNO3/c1-6(15)14-10(5-11(16)17)7-2-3-8(12)9(13)4-7/h2-4,10H,5H2,1H3,(H,14,15)(H,16,17)/t10-/m0/s1. The summed E-state index contributed by atoms with van der Waals surface area (Å²) in [4.78, 5) is 21.6. The summed E-state index contributed by atoms with van der Waals surface area (Å²) in [6, 6.07) is 3.15. The monoisotopic (exact) mass is 259 g/mol. The summed E-state index contributed by atoms with van der Waals surface area (Å²) in [7, 11) is 0. The summed E-state index contributed by atoms with van der Waals surface area (Å²) in [5.41, 5.74) is 0.365. The van der Waals surface area contributed by atoms with Crippen LogP contribution in [0.2, 0.25) is 5.02 Å². The molecule has 17 heavy (non-hydrogen) atoms. The molecule has 0 saturated carbocycles. The molecule has 6 heteroatoms. The highest BCUT2D eigenvalue weighted by molar-refractivity contribution is 6.30. The molecule has 0 aliphatic rings. The van der Waals surface area contributed by atoms with Crippen LogP contribution >= 0.6 is 11.6 Å². The van der Waals surface area contributed by atoms with Crippen LogP contribution in [0.1, 0.15) is 24.9 Å². The van der Waals surface area contributed by atoms with Crippen LogP contribution in [0.5, 0.6) is 0 Å². The van der Waals surface area contributed by atoms with Crippen molar-refractivity contribution in [2.45, 2.75) is 19.4 Å². The van der Waals surface area contributed by atoms with Crippen LogP contribution in [0.3, 0.4) is 0 Å². The van der Waals surface area contributed by atoms with Crippen molar-refractivity contribution >= 4 is 23.5 Å². The molecule has 2 N–H and O–H groups in total. The molecule has 1 atom stereocenters. The molecular weight excluding hydrogens is 249 g/mol. The number of benzene rings is 1. The maximum Gasteiger partial charge on any atom is 0.305 e. The van der Waals surface area contributed by atoms with Crippen molar-refractivity contribution in [3.63, 3.8) is 0 Å². The van der Waals surface area contributed by atoms with Gasteiger partial charge in [0.15, 0.2) is 0 Å². The van der Waals surface area contributed by atoms with Crippen LogP contribution in [0.15, 0.2) is 18.2 Å². The summed E-state index contributed by atoms with van der Waals surface area (Å²) in [6.45, 7) is 1.27. The number of carbonyl (C=O) groups excluding carboxylic acids is 1. The lowest BCUT2D eigenvalue weighted by atomic mass is 10.0. The van der Waals surface area contributed by atoms with Crippen LogP contribution < -0.4 is 5.32 Å². The van der Waals surface area contributed by atoms with E-state index >= 15 is 0 Å². The van der Waals surface area contributed by atoms with Crippen molar-refractivity contribution in [3.05, 3.63) is 34.6 Å². The normalized spacial score (nSPS) is 11.9. The summed E-state index contributed by atoms with van der Waals surface area (Å²) in [6.07, 6.45) is -0.319. The number of carboxylic acids is 1. The minimum absolute atomic E-state index is 0.0503. The van der Waals surface area contributed by atoms with Gasteiger partial charge in [0.05, 0.1) is 17.5 Å². The van der Waals surface area contributed by atoms with Gasteiger partial charge < -0.3 is 10.4 Å². The van der Waals surface area contributed by atoms with E-state index < -0.39 is 17.8 Å². The summed E-state index contributed by atoms with van der Waals surface area (Å²) in [5.74, 6) is -2.12. The number of nitrogens with one attached hydrogen (secondary N) is 1. The van der Waals surface area contributed by atoms with E-state index in [1.165, 1.54) is 19.1 Å². The van der Waals surface area contributed by atoms with Gasteiger partial charge in [-0.05, 0) is 17.7 Å². The highest BCUT2D eigenvalue weighted by Crippen LogP contribution is 2.22. The van der Waals surface area contributed by atoms with E-state index in [0.29, 0.717) is 5.56 Å². The summed E-state index contributed by atoms with van der Waals surface area (Å²) in [5, 5.41) is 11.1. The van der Waals surface area contributed by atoms with Gasteiger partial charge in [-0.1, -0.05) is 17.7 Å². The van der Waals surface area contributed by atoms with Crippen LogP contribution in [-0.4, -0.2) is 17.0 Å². The average molecular weight is 260 g/mol. The predicted octanol–water partition coefficient (Wildman–Crippen LogP) is 2.13. The van der Waals surface area contributed by atoms with E-state index in [2.05, 4.69) is 5.32 Å². The molecule has 0 aromatic heterocycles. The minimum atomic E-state index is -1.08. The molecule has 4 nitrogen and oxygen atoms in total. The topological polar surface area (TPSA) is 66.4 Å². The third kappa shape index (κ3) is 4.03. The van der Waals surface area contributed by atoms with Gasteiger partial charge >= 0.3 is 5.97 Å². The van der Waals surface area contributed by atoms with E-state index in [4.69, 9.17) is 16.7 Å². The number of amides is 1. The quantitative estimate of drug-likeness (QED) is 0.870. The maximum atomic E-state index is 13.2. The van der Waals surface area contributed by atoms with Crippen LogP contribution in [0.4, 0.5) is 4.39 Å². The van der Waals surface area contributed by atoms with Crippen molar-refractivity contribution < 1.29 is 19.1 Å². The molecule has 0 radical (unpaired) electrons. The Bertz CT molecular complexity index is 434. The third-order valence-corrected chi connectivity index (χ3v) is 2.41. The lowest BCUT2D eigenvalue weighted by Crippen LogP contribution is -2.28. The number of carboxylic acid groups (broad SMARTS) is 1. The number of hydrogen-bond donors (Lipinski definition) is 2. The van der Waals surface area contributed by atoms with Crippen molar-refractivity contribution in [1.29, 1.82) is 0 Å². The molecule has 0 aliphatic carbocycles. The maximum absolute atomic E-state index is 13.2. The van der Waals surface area contributed by atoms with Crippen LogP contribution in [-0.2, 0) is 9.59 Å². The Morgan fingerprint density at radius 3 is 2.65 bits per heavy atom. The van der Waals surface area contributed by atoms with Crippen molar-refractivity contribution in [3.8, 4) is 0 Å². The molecule has 1 rings (SSSR count). The number of carbonyl (C=O) groups is 2. The molecule has 0 heterocycles. The second kappa shape index (κ2) is 5.63. The lowest BCUT2D eigenvalue weighted by molar-refractivity contribution is -0.137. The number of halogens is 2. The fraction of sp³-hybridized carbons (Fsp3) is 0.273. The molecule has 92 valence electrons. The molecule has 1 aromatic carbocycles. The van der Waals surface area contributed by atoms with E-state index in [9.17, 15) is 14.0 Å². The van der Waals surface area contributed by atoms with Gasteiger partial charge in [-0.15, -0.1) is 0 Å². The third-order valence-electron chi connectivity index (χ3n) is 2.10. The molecule has 0 unspecified atom stereocenters. The van der Waals surface area contributed by atoms with Gasteiger partial charge in [-0.3, -0.25) is 9.59 Å². The lowest BCUT2D eigenvalue weighted by Gasteiger charge is -2.16. The second-order valence-corrected chi connectivity index (χ2v) is 3.93. The van der Waals surface area contributed by atoms with Gasteiger partial charge in [0.1, 0.15) is 5.82 Å². The fourth-order valence-corrected chi connectivity index (χ4v) is 1.52. The van der Waals surface area contributed by atoms with E-state index in [1.807, 2.05) is 0 Å². The Morgan fingerprint density at radius 2 is 2.18 bits per heavy atom. The molecule has 0 fully saturated rings. The Hall–Kier alpha value is -1.62. The predicted molar refractivity (Wildman–Crippen MR) is 60.2 cm³/mol. The molecular formula is C11H11ClFNO3. The zero-order valence-corrected chi connectivity index (χ0v) is 9.79. The number of hydrogen-bond acceptors (Lipinski definition) is 2. The summed E-state index contributed by atoms with van der Waals surface area (Å²) < 4.78 is 13.2. The molecule has 0 bridgehead atoms. The Morgan fingerprint density at radius 1 is 1.53 bits per heavy atom. The smallest absolute Gasteiger partial charge is 0.305 e. The van der Waals surface area contributed by atoms with Crippen molar-refractivity contribution in [2.75, 3.05) is 0 Å². The number of rotatable bonds is 4. The highest BCUT2D eigenvalue weighted by atomic mass is 35.5. The van der Waals surface area contributed by atoms with Gasteiger partial charge in [0, 0.05) is 6.92 Å². The fourth-order valence-electron chi connectivity index (χ4n) is 1.40. The Kier molecular flexibility index (Phi) is 4.45. The molecule has 0 saturated heterocycles. The highest BCUT2D eigenvalue weighted by Gasteiger charge is 2.17. The van der Waals surface area contributed by atoms with E-state index in [0.717, 1.165) is 6.07 Å². The zero-order chi connectivity index (χ0) is 13.0. The minimum Gasteiger partial charge on any atom is -0.481 e. The van der Waals surface area contributed by atoms with Crippen molar-refractivity contribution in [1.82, 2.24) is 5.32 Å². The van der Waals surface area contributed by atoms with Gasteiger partial charge in [0.2, 0.25) is 5.91 Å². The first-order chi connectivity index (χ1) is 7.90. The number of aliphatic carboxylic acids is 1. The molecule has 0 aliphatic heterocycles. The van der Waals surface area contributed by atoms with Gasteiger partial charge in [-0.2, -0.15) is 0 Å². The average Bonchev–Trinajstić information content (AvgIpc) is 2.19. The zero-order valence-electron chi connectivity index (χ0n) is 9.04. The SMILES string of the molecule is CC(=O)N[C@@H](CC(=O)O)c1ccc(Cl)c(F)c1. The van der Waals surface area contributed by atoms with Crippen molar-refractivity contribution in [2.24, 2.45) is 0 Å². The van der Waals surface area contributed by atoms with Gasteiger partial charge in [-0.25, -0.2) is 4.39 Å². The molecule has 1 aromatic rings. The second-order valence-electron chi connectivity index (χ2n) is 3.52. The van der Waals surface area contributed by atoms with E-state index in [1.54, 1.807) is 0 Å². The van der Waals surface area contributed by atoms with E-state index in [-0.39, 0.29) is 17.4 Å². The Labute approximate surface area is 102 Å².